The quantitative estimate of drug-likeness (QED) is 0.409. The number of benzene rings is 2. The smallest absolute Gasteiger partial charge is 0.315 e. The van der Waals surface area contributed by atoms with Crippen molar-refractivity contribution in [2.75, 3.05) is 13.7 Å². The Balaban J connectivity index is 1.65. The van der Waals surface area contributed by atoms with Gasteiger partial charge in [-0.2, -0.15) is 0 Å². The number of hydrogen-bond acceptors (Lipinski definition) is 5. The van der Waals surface area contributed by atoms with E-state index < -0.39 is 0 Å². The molecule has 0 N–H and O–H groups in total. The van der Waals surface area contributed by atoms with Crippen LogP contribution in [-0.4, -0.2) is 24.7 Å². The maximum atomic E-state index is 12.3. The van der Waals surface area contributed by atoms with Crippen LogP contribution in [0.2, 0.25) is 0 Å². The fourth-order valence-corrected chi connectivity index (χ4v) is 2.73. The molecule has 0 saturated carbocycles. The molecule has 0 aliphatic rings. The molecule has 0 radical (unpaired) electrons. The van der Waals surface area contributed by atoms with Crippen molar-refractivity contribution in [3.8, 4) is 17.2 Å². The number of ether oxygens (including phenoxy) is 3. The predicted molar refractivity (Wildman–Crippen MR) is 113 cm³/mol. The molecule has 2 aromatic carbocycles. The maximum Gasteiger partial charge on any atom is 0.315 e. The maximum absolute atomic E-state index is 12.3. The molecule has 5 heteroatoms. The molecule has 0 amide bonds. The van der Waals surface area contributed by atoms with Crippen molar-refractivity contribution in [3.63, 3.8) is 0 Å². The number of carbonyl (C=O) groups excluding carboxylic acids is 1. The van der Waals surface area contributed by atoms with Gasteiger partial charge in [0.2, 0.25) is 0 Å². The summed E-state index contributed by atoms with van der Waals surface area (Å²) in [4.78, 5) is 16.3. The summed E-state index contributed by atoms with van der Waals surface area (Å²) in [5.74, 6) is 1.32. The largest absolute Gasteiger partial charge is 0.494 e. The van der Waals surface area contributed by atoms with Crippen molar-refractivity contribution in [1.82, 2.24) is 4.98 Å². The van der Waals surface area contributed by atoms with Crippen molar-refractivity contribution in [2.24, 2.45) is 0 Å². The predicted octanol–water partition coefficient (Wildman–Crippen LogP) is 4.81. The van der Waals surface area contributed by atoms with Crippen LogP contribution < -0.4 is 14.2 Å². The zero-order valence-electron chi connectivity index (χ0n) is 16.5. The molecule has 5 nitrogen and oxygen atoms in total. The van der Waals surface area contributed by atoms with Gasteiger partial charge in [0.1, 0.15) is 5.75 Å². The summed E-state index contributed by atoms with van der Waals surface area (Å²) >= 11 is 0. The molecule has 0 fully saturated rings. The lowest BCUT2D eigenvalue weighted by Crippen LogP contribution is -2.12. The molecule has 0 unspecified atom stereocenters. The zero-order valence-corrected chi connectivity index (χ0v) is 16.5. The Morgan fingerprint density at radius 3 is 2.34 bits per heavy atom. The van der Waals surface area contributed by atoms with Crippen molar-refractivity contribution < 1.29 is 19.0 Å². The Bertz CT molecular complexity index is 966. The first kappa shape index (κ1) is 20.1. The highest BCUT2D eigenvalue weighted by molar-refractivity contribution is 5.77. The van der Waals surface area contributed by atoms with Gasteiger partial charge in [0.05, 0.1) is 20.1 Å². The first-order valence-electron chi connectivity index (χ1n) is 9.36. The van der Waals surface area contributed by atoms with Crippen LogP contribution in [0.5, 0.6) is 17.2 Å². The van der Waals surface area contributed by atoms with Gasteiger partial charge in [-0.15, -0.1) is 0 Å². The summed E-state index contributed by atoms with van der Waals surface area (Å²) in [6.07, 6.45) is 7.59. The lowest BCUT2D eigenvalue weighted by atomic mass is 10.1. The summed E-state index contributed by atoms with van der Waals surface area (Å²) in [5.41, 5.74) is 2.84. The molecule has 0 spiro atoms. The Hall–Kier alpha value is -3.60. The molecule has 148 valence electrons. The van der Waals surface area contributed by atoms with E-state index in [1.807, 2.05) is 67.6 Å². The lowest BCUT2D eigenvalue weighted by Gasteiger charge is -2.10. The molecule has 0 bridgehead atoms. The van der Waals surface area contributed by atoms with Crippen LogP contribution in [0.15, 0.2) is 67.0 Å². The van der Waals surface area contributed by atoms with Gasteiger partial charge >= 0.3 is 5.97 Å². The highest BCUT2D eigenvalue weighted by Gasteiger charge is 2.11. The van der Waals surface area contributed by atoms with E-state index in [9.17, 15) is 4.79 Å². The highest BCUT2D eigenvalue weighted by Crippen LogP contribution is 2.29. The third kappa shape index (κ3) is 5.94. The molecular weight excluding hydrogens is 366 g/mol. The van der Waals surface area contributed by atoms with Crippen LogP contribution in [0.1, 0.15) is 23.6 Å². The normalized spacial score (nSPS) is 10.7. The minimum atomic E-state index is -0.354. The molecule has 1 aromatic heterocycles. The van der Waals surface area contributed by atoms with Gasteiger partial charge in [0.25, 0.3) is 0 Å². The van der Waals surface area contributed by atoms with Gasteiger partial charge in [0, 0.05) is 12.4 Å². The summed E-state index contributed by atoms with van der Waals surface area (Å²) in [5, 5.41) is 0. The number of aromatic nitrogens is 1. The van der Waals surface area contributed by atoms with Gasteiger partial charge < -0.3 is 14.2 Å². The van der Waals surface area contributed by atoms with Crippen LogP contribution in [-0.2, 0) is 11.2 Å². The van der Waals surface area contributed by atoms with E-state index >= 15 is 0 Å². The third-order valence-electron chi connectivity index (χ3n) is 4.17. The SMILES string of the molecule is CCOc1ccc(CC(=O)Oc2ccc(/C=C/c3ccncc3)cc2OC)cc1. The van der Waals surface area contributed by atoms with Gasteiger partial charge in [-0.05, 0) is 60.0 Å². The second kappa shape index (κ2) is 10.1. The average Bonchev–Trinajstić information content (AvgIpc) is 2.75. The average molecular weight is 389 g/mol. The minimum Gasteiger partial charge on any atom is -0.494 e. The van der Waals surface area contributed by atoms with Gasteiger partial charge in [-0.25, -0.2) is 0 Å². The van der Waals surface area contributed by atoms with Crippen LogP contribution >= 0.6 is 0 Å². The Morgan fingerprint density at radius 1 is 0.931 bits per heavy atom. The topological polar surface area (TPSA) is 57.7 Å². The van der Waals surface area contributed by atoms with Crippen LogP contribution in [0, 0.1) is 0 Å². The van der Waals surface area contributed by atoms with E-state index in [2.05, 4.69) is 4.98 Å². The summed E-state index contributed by atoms with van der Waals surface area (Å²) in [6.45, 7) is 2.54. The monoisotopic (exact) mass is 389 g/mol. The van der Waals surface area contributed by atoms with Gasteiger partial charge in [-0.1, -0.05) is 30.4 Å². The summed E-state index contributed by atoms with van der Waals surface area (Å²) in [6, 6.07) is 16.7. The van der Waals surface area contributed by atoms with E-state index in [1.165, 1.54) is 0 Å². The molecular formula is C24H23NO4. The van der Waals surface area contributed by atoms with Gasteiger partial charge in [0.15, 0.2) is 11.5 Å². The number of methoxy groups -OCH3 is 1. The molecule has 0 atom stereocenters. The van der Waals surface area contributed by atoms with E-state index in [-0.39, 0.29) is 12.4 Å². The van der Waals surface area contributed by atoms with Crippen LogP contribution in [0.4, 0.5) is 0 Å². The number of hydrogen-bond donors (Lipinski definition) is 0. The van der Waals surface area contributed by atoms with E-state index in [4.69, 9.17) is 14.2 Å². The fraction of sp³-hybridized carbons (Fsp3) is 0.167. The zero-order chi connectivity index (χ0) is 20.5. The minimum absolute atomic E-state index is 0.166. The Kier molecular flexibility index (Phi) is 7.00. The third-order valence-corrected chi connectivity index (χ3v) is 4.17. The number of esters is 1. The standard InChI is InChI=1S/C24H23NO4/c1-3-28-21-9-6-20(7-10-21)17-24(26)29-22-11-8-19(16-23(22)27-2)5-4-18-12-14-25-15-13-18/h4-16H,3,17H2,1-2H3/b5-4+. The number of carbonyl (C=O) groups is 1. The Morgan fingerprint density at radius 2 is 1.66 bits per heavy atom. The van der Waals surface area contributed by atoms with Crippen molar-refractivity contribution >= 4 is 18.1 Å². The fourth-order valence-electron chi connectivity index (χ4n) is 2.73. The molecule has 1 heterocycles. The molecule has 3 rings (SSSR count). The van der Waals surface area contributed by atoms with Crippen molar-refractivity contribution in [1.29, 1.82) is 0 Å². The number of rotatable bonds is 8. The summed E-state index contributed by atoms with van der Waals surface area (Å²) in [7, 11) is 1.55. The van der Waals surface area contributed by atoms with Crippen LogP contribution in [0.25, 0.3) is 12.2 Å². The number of nitrogens with zero attached hydrogens (tertiary/aromatic N) is 1. The molecule has 3 aromatic rings. The summed E-state index contributed by atoms with van der Waals surface area (Å²) < 4.78 is 16.3. The van der Waals surface area contributed by atoms with Crippen LogP contribution in [0.3, 0.4) is 0 Å². The van der Waals surface area contributed by atoms with Gasteiger partial charge in [-0.3, -0.25) is 9.78 Å². The first-order valence-corrected chi connectivity index (χ1v) is 9.36. The Labute approximate surface area is 170 Å². The molecule has 0 saturated heterocycles. The molecule has 0 aliphatic carbocycles. The first-order chi connectivity index (χ1) is 14.2. The number of pyridine rings is 1. The second-order valence-electron chi connectivity index (χ2n) is 6.25. The second-order valence-corrected chi connectivity index (χ2v) is 6.25. The molecule has 29 heavy (non-hydrogen) atoms. The van der Waals surface area contributed by atoms with Crippen molar-refractivity contribution in [3.05, 3.63) is 83.7 Å². The van der Waals surface area contributed by atoms with E-state index in [0.29, 0.717) is 18.1 Å². The van der Waals surface area contributed by atoms with E-state index in [1.54, 1.807) is 25.6 Å². The lowest BCUT2D eigenvalue weighted by molar-refractivity contribution is -0.133. The highest BCUT2D eigenvalue weighted by atomic mass is 16.6. The van der Waals surface area contributed by atoms with Crippen molar-refractivity contribution in [2.45, 2.75) is 13.3 Å². The van der Waals surface area contributed by atoms with E-state index in [0.717, 1.165) is 22.4 Å². The molecule has 0 aliphatic heterocycles.